The topological polar surface area (TPSA) is 63.9 Å². The van der Waals surface area contributed by atoms with E-state index < -0.39 is 0 Å². The molecule has 6 nitrogen and oxygen atoms in total. The lowest BCUT2D eigenvalue weighted by Crippen LogP contribution is -2.36. The van der Waals surface area contributed by atoms with Gasteiger partial charge in [0.15, 0.2) is 5.69 Å². The Morgan fingerprint density at radius 2 is 1.91 bits per heavy atom. The molecule has 2 aromatic heterocycles. The van der Waals surface area contributed by atoms with E-state index in [1.54, 1.807) is 10.9 Å². The lowest BCUT2D eigenvalue weighted by molar-refractivity contribution is 0.0721. The second kappa shape index (κ2) is 7.55. The van der Waals surface area contributed by atoms with Crippen LogP contribution in [0, 0.1) is 12.8 Å². The molecule has 1 saturated heterocycles. The van der Waals surface area contributed by atoms with Crippen LogP contribution < -0.4 is 0 Å². The summed E-state index contributed by atoms with van der Waals surface area (Å²) in [7, 11) is 0. The quantitative estimate of drug-likeness (QED) is 0.486. The monoisotopic (exact) mass is 423 g/mol. The standard InChI is InChI=1S/C26H25N5O/c1-17-25(28-29-31(17)24-12-5-9-19-15-27-14-13-20(19)24)26(32)30-16-22(18-7-3-2-4-8-18)21-10-6-11-23(21)30/h2-5,7-9,12-15,21-23H,6,10-11,16H2,1H3. The molecule has 2 fully saturated rings. The molecule has 0 spiro atoms. The minimum Gasteiger partial charge on any atom is -0.333 e. The third-order valence-electron chi connectivity index (χ3n) is 7.31. The van der Waals surface area contributed by atoms with Crippen LogP contribution in [0.15, 0.2) is 67.0 Å². The largest absolute Gasteiger partial charge is 0.333 e. The molecular formula is C26H25N5O. The van der Waals surface area contributed by atoms with Crippen LogP contribution in [0.5, 0.6) is 0 Å². The fourth-order valence-electron chi connectivity index (χ4n) is 5.78. The van der Waals surface area contributed by atoms with E-state index in [1.807, 2.05) is 37.4 Å². The van der Waals surface area contributed by atoms with Crippen LogP contribution in [-0.2, 0) is 0 Å². The van der Waals surface area contributed by atoms with Crippen molar-refractivity contribution < 1.29 is 4.79 Å². The molecule has 1 amide bonds. The highest BCUT2D eigenvalue weighted by Crippen LogP contribution is 2.46. The first-order chi connectivity index (χ1) is 15.7. The maximum absolute atomic E-state index is 13.7. The smallest absolute Gasteiger partial charge is 0.276 e. The van der Waals surface area contributed by atoms with E-state index in [2.05, 4.69) is 50.5 Å². The number of nitrogens with zero attached hydrogens (tertiary/aromatic N) is 5. The summed E-state index contributed by atoms with van der Waals surface area (Å²) in [5.41, 5.74) is 3.48. The fourth-order valence-corrected chi connectivity index (χ4v) is 5.78. The minimum atomic E-state index is 0.00554. The molecule has 2 aromatic carbocycles. The van der Waals surface area contributed by atoms with Crippen molar-refractivity contribution in [3.63, 3.8) is 0 Å². The number of likely N-dealkylation sites (tertiary alicyclic amines) is 1. The summed E-state index contributed by atoms with van der Waals surface area (Å²) in [5, 5.41) is 10.8. The van der Waals surface area contributed by atoms with Gasteiger partial charge in [0.25, 0.3) is 5.91 Å². The molecule has 1 saturated carbocycles. The number of hydrogen-bond acceptors (Lipinski definition) is 4. The van der Waals surface area contributed by atoms with Gasteiger partial charge in [-0.25, -0.2) is 4.68 Å². The highest BCUT2D eigenvalue weighted by Gasteiger charge is 2.47. The highest BCUT2D eigenvalue weighted by atomic mass is 16.2. The number of hydrogen-bond donors (Lipinski definition) is 0. The molecule has 0 bridgehead atoms. The number of benzene rings is 2. The summed E-state index contributed by atoms with van der Waals surface area (Å²) in [5.74, 6) is 0.932. The summed E-state index contributed by atoms with van der Waals surface area (Å²) < 4.78 is 1.78. The van der Waals surface area contributed by atoms with E-state index in [0.29, 0.717) is 23.6 Å². The molecule has 1 aliphatic heterocycles. The van der Waals surface area contributed by atoms with E-state index in [-0.39, 0.29) is 5.91 Å². The Balaban J connectivity index is 1.35. The van der Waals surface area contributed by atoms with Crippen molar-refractivity contribution in [3.05, 3.63) is 83.9 Å². The van der Waals surface area contributed by atoms with Gasteiger partial charge in [-0.1, -0.05) is 54.1 Å². The van der Waals surface area contributed by atoms with Crippen molar-refractivity contribution in [2.24, 2.45) is 5.92 Å². The van der Waals surface area contributed by atoms with Crippen LogP contribution in [0.4, 0.5) is 0 Å². The molecule has 2 aliphatic rings. The zero-order valence-corrected chi connectivity index (χ0v) is 18.1. The van der Waals surface area contributed by atoms with Gasteiger partial charge in [0.05, 0.1) is 11.4 Å². The number of aromatic nitrogens is 4. The Morgan fingerprint density at radius 1 is 1.03 bits per heavy atom. The zero-order chi connectivity index (χ0) is 21.7. The SMILES string of the molecule is Cc1c(C(=O)N2CC(c3ccccc3)C3CCCC32)nnn1-c1cccc2cnccc12. The summed E-state index contributed by atoms with van der Waals surface area (Å²) in [6, 6.07) is 18.9. The van der Waals surface area contributed by atoms with Crippen LogP contribution in [0.3, 0.4) is 0 Å². The van der Waals surface area contributed by atoms with Crippen molar-refractivity contribution in [2.75, 3.05) is 6.54 Å². The van der Waals surface area contributed by atoms with Gasteiger partial charge < -0.3 is 4.90 Å². The number of rotatable bonds is 3. The van der Waals surface area contributed by atoms with Crippen LogP contribution in [0.2, 0.25) is 0 Å². The van der Waals surface area contributed by atoms with E-state index in [1.165, 1.54) is 18.4 Å². The number of pyridine rings is 1. The summed E-state index contributed by atoms with van der Waals surface area (Å²) in [6.07, 6.45) is 7.05. The molecule has 4 aromatic rings. The molecule has 32 heavy (non-hydrogen) atoms. The summed E-state index contributed by atoms with van der Waals surface area (Å²) in [4.78, 5) is 20.0. The molecule has 3 unspecified atom stereocenters. The lowest BCUT2D eigenvalue weighted by atomic mass is 9.87. The Hall–Kier alpha value is -3.54. The third-order valence-corrected chi connectivity index (χ3v) is 7.31. The van der Waals surface area contributed by atoms with Gasteiger partial charge in [-0.05, 0) is 43.4 Å². The first-order valence-corrected chi connectivity index (χ1v) is 11.3. The van der Waals surface area contributed by atoms with E-state index in [4.69, 9.17) is 0 Å². The molecule has 0 radical (unpaired) electrons. The Labute approximate surface area is 186 Å². The summed E-state index contributed by atoms with van der Waals surface area (Å²) in [6.45, 7) is 2.69. The van der Waals surface area contributed by atoms with E-state index >= 15 is 0 Å². The van der Waals surface area contributed by atoms with Gasteiger partial charge in [0.2, 0.25) is 0 Å². The fraction of sp³-hybridized carbons (Fsp3) is 0.308. The van der Waals surface area contributed by atoms with Crippen LogP contribution in [0.1, 0.15) is 46.9 Å². The molecule has 1 aliphatic carbocycles. The molecule has 3 atom stereocenters. The maximum Gasteiger partial charge on any atom is 0.276 e. The van der Waals surface area contributed by atoms with Crippen molar-refractivity contribution in [2.45, 2.75) is 38.1 Å². The molecule has 6 heteroatoms. The Kier molecular flexibility index (Phi) is 4.52. The Bertz CT molecular complexity index is 1290. The summed E-state index contributed by atoms with van der Waals surface area (Å²) >= 11 is 0. The normalized spacial score (nSPS) is 22.4. The first kappa shape index (κ1) is 19.2. The minimum absolute atomic E-state index is 0.00554. The Morgan fingerprint density at radius 3 is 2.78 bits per heavy atom. The molecule has 6 rings (SSSR count). The van der Waals surface area contributed by atoms with Gasteiger partial charge in [-0.2, -0.15) is 0 Å². The van der Waals surface area contributed by atoms with Crippen molar-refractivity contribution in [1.82, 2.24) is 24.9 Å². The maximum atomic E-state index is 13.7. The predicted octanol–water partition coefficient (Wildman–Crippen LogP) is 4.53. The predicted molar refractivity (Wildman–Crippen MR) is 123 cm³/mol. The van der Waals surface area contributed by atoms with E-state index in [0.717, 1.165) is 35.1 Å². The average Bonchev–Trinajstić information content (AvgIpc) is 3.54. The van der Waals surface area contributed by atoms with Crippen molar-refractivity contribution in [3.8, 4) is 5.69 Å². The zero-order valence-electron chi connectivity index (χ0n) is 18.1. The van der Waals surface area contributed by atoms with Crippen LogP contribution in [0.25, 0.3) is 16.5 Å². The van der Waals surface area contributed by atoms with Crippen LogP contribution in [-0.4, -0.2) is 43.4 Å². The van der Waals surface area contributed by atoms with Crippen molar-refractivity contribution in [1.29, 1.82) is 0 Å². The number of carbonyl (C=O) groups excluding carboxylic acids is 1. The molecule has 0 N–H and O–H groups in total. The first-order valence-electron chi connectivity index (χ1n) is 11.3. The second-order valence-corrected chi connectivity index (χ2v) is 8.95. The third kappa shape index (κ3) is 2.93. The van der Waals surface area contributed by atoms with Gasteiger partial charge in [-0.3, -0.25) is 9.78 Å². The van der Waals surface area contributed by atoms with E-state index in [9.17, 15) is 4.79 Å². The lowest BCUT2D eigenvalue weighted by Gasteiger charge is -2.23. The molecule has 160 valence electrons. The van der Waals surface area contributed by atoms with Gasteiger partial charge in [0, 0.05) is 41.7 Å². The number of carbonyl (C=O) groups is 1. The number of amides is 1. The van der Waals surface area contributed by atoms with Crippen LogP contribution >= 0.6 is 0 Å². The average molecular weight is 424 g/mol. The van der Waals surface area contributed by atoms with Crippen molar-refractivity contribution >= 4 is 16.7 Å². The second-order valence-electron chi connectivity index (χ2n) is 8.95. The molecule has 3 heterocycles. The highest BCUT2D eigenvalue weighted by molar-refractivity contribution is 5.94. The molecular weight excluding hydrogens is 398 g/mol. The van der Waals surface area contributed by atoms with Gasteiger partial charge >= 0.3 is 0 Å². The number of fused-ring (bicyclic) bond motifs is 2. The van der Waals surface area contributed by atoms with Gasteiger partial charge in [0.1, 0.15) is 0 Å². The van der Waals surface area contributed by atoms with Gasteiger partial charge in [-0.15, -0.1) is 5.10 Å².